The van der Waals surface area contributed by atoms with Crippen molar-refractivity contribution in [3.8, 4) is 0 Å². The fourth-order valence-corrected chi connectivity index (χ4v) is 2.59. The topological polar surface area (TPSA) is 95.1 Å². The number of carbonyl (C=O) groups is 2. The quantitative estimate of drug-likeness (QED) is 0.771. The summed E-state index contributed by atoms with van der Waals surface area (Å²) in [6.07, 6.45) is 3.11. The molecule has 0 spiro atoms. The number of hydrogen-bond donors (Lipinski definition) is 3. The third-order valence-corrected chi connectivity index (χ3v) is 3.94. The number of hydrogen-bond acceptors (Lipinski definition) is 3. The first-order valence-corrected chi connectivity index (χ1v) is 6.50. The van der Waals surface area contributed by atoms with Crippen molar-refractivity contribution in [2.75, 3.05) is 0 Å². The van der Waals surface area contributed by atoms with Gasteiger partial charge in [0.25, 0.3) is 5.91 Å². The second-order valence-corrected chi connectivity index (χ2v) is 5.43. The summed E-state index contributed by atoms with van der Waals surface area (Å²) in [4.78, 5) is 23.5. The Labute approximate surface area is 111 Å². The summed E-state index contributed by atoms with van der Waals surface area (Å²) in [6.45, 7) is 3.51. The summed E-state index contributed by atoms with van der Waals surface area (Å²) in [7, 11) is 0. The van der Waals surface area contributed by atoms with Gasteiger partial charge in [-0.2, -0.15) is 5.10 Å². The van der Waals surface area contributed by atoms with E-state index in [1.54, 1.807) is 13.0 Å². The monoisotopic (exact) mass is 265 g/mol. The van der Waals surface area contributed by atoms with Gasteiger partial charge in [0.15, 0.2) is 0 Å². The number of carboxylic acid groups (broad SMARTS) is 1. The van der Waals surface area contributed by atoms with E-state index in [1.165, 1.54) is 0 Å². The molecule has 1 aromatic rings. The van der Waals surface area contributed by atoms with Gasteiger partial charge in [-0.3, -0.25) is 14.7 Å². The predicted molar refractivity (Wildman–Crippen MR) is 68.8 cm³/mol. The van der Waals surface area contributed by atoms with Crippen LogP contribution in [0.1, 0.15) is 48.8 Å². The van der Waals surface area contributed by atoms with Crippen LogP contribution in [-0.4, -0.2) is 33.2 Å². The molecule has 1 fully saturated rings. The Morgan fingerprint density at radius 1 is 1.53 bits per heavy atom. The van der Waals surface area contributed by atoms with E-state index in [0.29, 0.717) is 18.5 Å². The molecule has 1 saturated carbocycles. The minimum Gasteiger partial charge on any atom is -0.481 e. The van der Waals surface area contributed by atoms with Crippen molar-refractivity contribution in [3.63, 3.8) is 0 Å². The number of carbonyl (C=O) groups excluding carboxylic acids is 1. The molecule has 1 aromatic heterocycles. The lowest BCUT2D eigenvalue weighted by Gasteiger charge is -2.38. The molecule has 0 aliphatic heterocycles. The van der Waals surface area contributed by atoms with Crippen LogP contribution in [0.4, 0.5) is 0 Å². The van der Waals surface area contributed by atoms with E-state index < -0.39 is 11.4 Å². The third-order valence-electron chi connectivity index (χ3n) is 3.94. The van der Waals surface area contributed by atoms with Gasteiger partial charge in [-0.15, -0.1) is 0 Å². The number of nitrogens with one attached hydrogen (secondary N) is 2. The fraction of sp³-hybridized carbons (Fsp3) is 0.615. The molecule has 1 heterocycles. The van der Waals surface area contributed by atoms with Crippen LogP contribution in [0, 0.1) is 12.3 Å². The van der Waals surface area contributed by atoms with Gasteiger partial charge in [0, 0.05) is 11.7 Å². The van der Waals surface area contributed by atoms with Gasteiger partial charge < -0.3 is 10.4 Å². The molecule has 0 saturated heterocycles. The average molecular weight is 265 g/mol. The predicted octanol–water partition coefficient (Wildman–Crippen LogP) is 1.48. The molecule has 0 aromatic carbocycles. The largest absolute Gasteiger partial charge is 0.481 e. The number of carboxylic acids is 1. The smallest absolute Gasteiger partial charge is 0.311 e. The van der Waals surface area contributed by atoms with E-state index >= 15 is 0 Å². The zero-order valence-electron chi connectivity index (χ0n) is 11.2. The summed E-state index contributed by atoms with van der Waals surface area (Å²) in [5.74, 6) is -1.17. The maximum atomic E-state index is 12.1. The minimum absolute atomic E-state index is 0.302. The van der Waals surface area contributed by atoms with Gasteiger partial charge >= 0.3 is 5.97 Å². The standard InChI is InChI=1S/C13H19N3O3/c1-8-7-9(16-15-8)11(17)14-10-5-3-4-6-13(10,2)12(18)19/h7,10H,3-6H2,1-2H3,(H,14,17)(H,15,16)(H,18,19). The Hall–Kier alpha value is -1.85. The molecule has 104 valence electrons. The second kappa shape index (κ2) is 5.03. The Balaban J connectivity index is 2.12. The van der Waals surface area contributed by atoms with E-state index in [4.69, 9.17) is 0 Å². The molecule has 2 atom stereocenters. The van der Waals surface area contributed by atoms with Gasteiger partial charge in [0.2, 0.25) is 0 Å². The van der Waals surface area contributed by atoms with Crippen LogP contribution in [0.2, 0.25) is 0 Å². The Bertz CT molecular complexity index is 497. The highest BCUT2D eigenvalue weighted by Gasteiger charge is 2.44. The lowest BCUT2D eigenvalue weighted by molar-refractivity contribution is -0.151. The van der Waals surface area contributed by atoms with Crippen LogP contribution in [0.25, 0.3) is 0 Å². The van der Waals surface area contributed by atoms with Crippen molar-refractivity contribution in [2.24, 2.45) is 5.41 Å². The van der Waals surface area contributed by atoms with Gasteiger partial charge in [-0.25, -0.2) is 0 Å². The van der Waals surface area contributed by atoms with Crippen molar-refractivity contribution in [2.45, 2.75) is 45.6 Å². The maximum absolute atomic E-state index is 12.1. The van der Waals surface area contributed by atoms with E-state index in [2.05, 4.69) is 15.5 Å². The van der Waals surface area contributed by atoms with Crippen LogP contribution in [0.5, 0.6) is 0 Å². The number of aryl methyl sites for hydroxylation is 1. The highest BCUT2D eigenvalue weighted by molar-refractivity contribution is 5.93. The van der Waals surface area contributed by atoms with Gasteiger partial charge in [-0.05, 0) is 32.8 Å². The molecular formula is C13H19N3O3. The summed E-state index contributed by atoms with van der Waals surface area (Å²) >= 11 is 0. The van der Waals surface area contributed by atoms with E-state index in [0.717, 1.165) is 18.5 Å². The molecule has 0 bridgehead atoms. The van der Waals surface area contributed by atoms with Crippen molar-refractivity contribution >= 4 is 11.9 Å². The molecule has 1 aliphatic carbocycles. The first-order valence-electron chi connectivity index (χ1n) is 6.50. The van der Waals surface area contributed by atoms with Crippen molar-refractivity contribution in [3.05, 3.63) is 17.5 Å². The lowest BCUT2D eigenvalue weighted by atomic mass is 9.71. The number of nitrogens with zero attached hydrogens (tertiary/aromatic N) is 1. The van der Waals surface area contributed by atoms with E-state index in [1.807, 2.05) is 6.92 Å². The molecule has 3 N–H and O–H groups in total. The highest BCUT2D eigenvalue weighted by Crippen LogP contribution is 2.36. The molecular weight excluding hydrogens is 246 g/mol. The Morgan fingerprint density at radius 2 is 2.26 bits per heavy atom. The number of amides is 1. The molecule has 6 nitrogen and oxygen atoms in total. The summed E-state index contributed by atoms with van der Waals surface area (Å²) in [6, 6.07) is 1.30. The first kappa shape index (κ1) is 13.6. The first-order chi connectivity index (χ1) is 8.93. The molecule has 19 heavy (non-hydrogen) atoms. The second-order valence-electron chi connectivity index (χ2n) is 5.43. The van der Waals surface area contributed by atoms with Crippen LogP contribution >= 0.6 is 0 Å². The van der Waals surface area contributed by atoms with E-state index in [9.17, 15) is 14.7 Å². The van der Waals surface area contributed by atoms with Crippen LogP contribution in [0.15, 0.2) is 6.07 Å². The molecule has 1 aliphatic rings. The normalized spacial score (nSPS) is 26.9. The molecule has 1 amide bonds. The van der Waals surface area contributed by atoms with Gasteiger partial charge in [0.05, 0.1) is 5.41 Å². The van der Waals surface area contributed by atoms with Gasteiger partial charge in [-0.1, -0.05) is 12.8 Å². The average Bonchev–Trinajstić information content (AvgIpc) is 2.79. The van der Waals surface area contributed by atoms with E-state index in [-0.39, 0.29) is 11.9 Å². The van der Waals surface area contributed by atoms with Crippen LogP contribution in [-0.2, 0) is 4.79 Å². The third kappa shape index (κ3) is 2.62. The maximum Gasteiger partial charge on any atom is 0.311 e. The highest BCUT2D eigenvalue weighted by atomic mass is 16.4. The zero-order chi connectivity index (χ0) is 14.0. The van der Waals surface area contributed by atoms with Gasteiger partial charge in [0.1, 0.15) is 5.69 Å². The lowest BCUT2D eigenvalue weighted by Crippen LogP contribution is -2.52. The van der Waals surface area contributed by atoms with Crippen molar-refractivity contribution in [1.82, 2.24) is 15.5 Å². The van der Waals surface area contributed by atoms with Crippen LogP contribution in [0.3, 0.4) is 0 Å². The summed E-state index contributed by atoms with van der Waals surface area (Å²) in [5, 5.41) is 18.8. The van der Waals surface area contributed by atoms with Crippen molar-refractivity contribution in [1.29, 1.82) is 0 Å². The SMILES string of the molecule is Cc1cc(C(=O)NC2CCCCC2(C)C(=O)O)n[nH]1. The Morgan fingerprint density at radius 3 is 2.84 bits per heavy atom. The van der Waals surface area contributed by atoms with Crippen molar-refractivity contribution < 1.29 is 14.7 Å². The number of rotatable bonds is 3. The fourth-order valence-electron chi connectivity index (χ4n) is 2.59. The number of aliphatic carboxylic acids is 1. The Kier molecular flexibility index (Phi) is 3.59. The molecule has 0 radical (unpaired) electrons. The molecule has 2 rings (SSSR count). The summed E-state index contributed by atoms with van der Waals surface area (Å²) < 4.78 is 0. The molecule has 6 heteroatoms. The number of aromatic amines is 1. The summed E-state index contributed by atoms with van der Waals surface area (Å²) in [5.41, 5.74) is 0.213. The number of aromatic nitrogens is 2. The molecule has 2 unspecified atom stereocenters. The van der Waals surface area contributed by atoms with Crippen LogP contribution < -0.4 is 5.32 Å². The zero-order valence-corrected chi connectivity index (χ0v) is 11.2. The minimum atomic E-state index is -0.890. The number of H-pyrrole nitrogens is 1.